The second-order valence-electron chi connectivity index (χ2n) is 16.7. The summed E-state index contributed by atoms with van der Waals surface area (Å²) in [6.45, 7) is 31.9. The fraction of sp³-hybridized carbons (Fsp3) is 0.280. The molecule has 0 bridgehead atoms. The number of aromatic nitrogens is 4. The van der Waals surface area contributed by atoms with Crippen LogP contribution in [0.4, 0.5) is 11.4 Å². The molecule has 0 aliphatic carbocycles. The summed E-state index contributed by atoms with van der Waals surface area (Å²) in [5.74, 6) is 0. The molecule has 8 nitrogen and oxygen atoms in total. The first-order valence-corrected chi connectivity index (χ1v) is 30.4. The van der Waals surface area contributed by atoms with Crippen LogP contribution in [0.15, 0.2) is 111 Å². The molecule has 63 heavy (non-hydrogen) atoms. The number of imidazole rings is 2. The molecule has 2 aliphatic rings. The minimum atomic E-state index is 0. The maximum atomic E-state index is 3.17. The molecular formula is C50H60Br4N8Pt. The van der Waals surface area contributed by atoms with E-state index in [1.807, 2.05) is 0 Å². The molecule has 0 N–H and O–H groups in total. The van der Waals surface area contributed by atoms with Gasteiger partial charge in [-0.3, -0.25) is 0 Å². The van der Waals surface area contributed by atoms with Gasteiger partial charge in [0.15, 0.2) is 0 Å². The van der Waals surface area contributed by atoms with Gasteiger partial charge in [-0.1, -0.05) is 70.8 Å². The average molecular weight is 1290 g/mol. The summed E-state index contributed by atoms with van der Waals surface area (Å²) in [5, 5.41) is 0. The Hall–Kier alpha value is -3.41. The Labute approximate surface area is 419 Å². The summed E-state index contributed by atoms with van der Waals surface area (Å²) >= 11 is 6.56. The van der Waals surface area contributed by atoms with E-state index < -0.39 is 0 Å². The van der Waals surface area contributed by atoms with Gasteiger partial charge in [0.1, 0.15) is 36.2 Å². The van der Waals surface area contributed by atoms with Crippen LogP contribution in [0.5, 0.6) is 0 Å². The Kier molecular flexibility index (Phi) is 19.2. The maximum absolute atomic E-state index is 3.17. The second-order valence-corrected chi connectivity index (χ2v) is 26.6. The molecule has 338 valence electrons. The van der Waals surface area contributed by atoms with Crippen LogP contribution in [0.25, 0.3) is 11.4 Å². The van der Waals surface area contributed by atoms with E-state index in [1.54, 1.807) is 0 Å². The van der Waals surface area contributed by atoms with Crippen LogP contribution in [0.3, 0.4) is 0 Å². The molecule has 0 radical (unpaired) electrons. The zero-order valence-corrected chi connectivity index (χ0v) is 47.0. The summed E-state index contributed by atoms with van der Waals surface area (Å²) in [4.78, 5) is 8.85. The summed E-state index contributed by atoms with van der Waals surface area (Å²) in [7, 11) is 0. The molecule has 2 aromatic heterocycles. The number of hydrogen-bond acceptors (Lipinski definition) is 4. The van der Waals surface area contributed by atoms with Crippen LogP contribution in [-0.2, 0) is 21.1 Å². The standard InChI is InChI=1S/2C25H30N4.4BrH.Pt/c2*1-18-11-20(3)24(21(4)12-18)28-9-7-26(16-28)15-27-8-10-29(17-27)25-22(5)13-19(2)14-23(25)6;;;;;/h2*7-14,16-17H,15H2,1-6H3;4*1H;/q-2;+2;;;;;+4/p-4. The normalized spacial score (nSPS) is 12.9. The Morgan fingerprint density at radius 3 is 1.00 bits per heavy atom. The predicted octanol–water partition coefficient (Wildman–Crippen LogP) is 5.52. The van der Waals surface area contributed by atoms with Crippen molar-refractivity contribution in [2.45, 2.75) is 89.8 Å². The minimum absolute atomic E-state index is 0. The zero-order valence-electron chi connectivity index (χ0n) is 38.4. The first kappa shape index (κ1) is 52.2. The molecule has 0 unspecified atom stereocenters. The molecule has 2 aliphatic heterocycles. The van der Waals surface area contributed by atoms with Gasteiger partial charge in [-0.05, 0) is 152 Å². The fourth-order valence-corrected chi connectivity index (χ4v) is 9.14. The molecule has 8 rings (SSSR count). The van der Waals surface area contributed by atoms with Gasteiger partial charge < -0.3 is 53.6 Å². The van der Waals surface area contributed by atoms with Crippen molar-refractivity contribution in [2.24, 2.45) is 0 Å². The topological polar surface area (TPSA) is 30.6 Å². The van der Waals surface area contributed by atoms with E-state index >= 15 is 0 Å². The molecule has 0 atom stereocenters. The van der Waals surface area contributed by atoms with E-state index in [2.05, 4.69) is 272 Å². The molecule has 6 aromatic rings. The van der Waals surface area contributed by atoms with Crippen molar-refractivity contribution >= 4 is 38.0 Å². The molecule has 13 heteroatoms. The number of nitrogens with zero attached hydrogens (tertiary/aromatic N) is 8. The van der Waals surface area contributed by atoms with Crippen molar-refractivity contribution in [2.75, 3.05) is 16.5 Å². The summed E-state index contributed by atoms with van der Waals surface area (Å²) in [6.07, 6.45) is 21.4. The molecular weight excluding hydrogens is 1230 g/mol. The third kappa shape index (κ3) is 12.9. The van der Waals surface area contributed by atoms with E-state index in [0.717, 1.165) is 13.3 Å². The number of anilines is 2. The first-order valence-electron chi connectivity index (χ1n) is 20.5. The summed E-state index contributed by atoms with van der Waals surface area (Å²) < 4.78 is 8.85. The predicted molar refractivity (Wildman–Crippen MR) is 255 cm³/mol. The number of hydrogen-bond donors (Lipinski definition) is 0. The van der Waals surface area contributed by atoms with Gasteiger partial charge in [-0.25, -0.2) is 9.13 Å². The number of rotatable bonds is 8. The SMILES string of the molecule is Cc1cc(C)c(-n2cc[n+](C[n+]3ccn(-c4c(C)cc(C)cc4C)c3)c2)c(C)c1.Cc1cc(C)c(N2C=CN(CN3C=CN(c4c(C)cc(C)cc4C)[CH-]3)[CH-]2)c(C)c1.[Br-].[Br-].[Br][Pt+2][Br]. The van der Waals surface area contributed by atoms with Crippen molar-refractivity contribution < 1.29 is 57.5 Å². The van der Waals surface area contributed by atoms with Crippen LogP contribution in [0.1, 0.15) is 66.8 Å². The van der Waals surface area contributed by atoms with Gasteiger partial charge in [-0.2, -0.15) is 9.13 Å². The van der Waals surface area contributed by atoms with Crippen LogP contribution in [0.2, 0.25) is 0 Å². The van der Waals surface area contributed by atoms with Crippen molar-refractivity contribution in [3.63, 3.8) is 0 Å². The molecule has 0 amide bonds. The molecule has 0 saturated heterocycles. The van der Waals surface area contributed by atoms with Crippen LogP contribution >= 0.6 is 26.6 Å². The molecule has 0 spiro atoms. The third-order valence-electron chi connectivity index (χ3n) is 11.0. The quantitative estimate of drug-likeness (QED) is 0.149. The first-order chi connectivity index (χ1) is 29.0. The van der Waals surface area contributed by atoms with Crippen molar-refractivity contribution in [3.05, 3.63) is 191 Å². The van der Waals surface area contributed by atoms with Gasteiger partial charge in [-0.15, -0.1) is 13.3 Å². The Bertz CT molecular complexity index is 2310. The van der Waals surface area contributed by atoms with E-state index in [0.29, 0.717) is 0 Å². The van der Waals surface area contributed by atoms with Crippen LogP contribution in [-0.4, -0.2) is 25.6 Å². The fourth-order valence-electron chi connectivity index (χ4n) is 9.14. The molecule has 0 saturated carbocycles. The molecule has 4 heterocycles. The Morgan fingerprint density at radius 2 is 0.714 bits per heavy atom. The summed E-state index contributed by atoms with van der Waals surface area (Å²) in [6, 6.07) is 18.0. The molecule has 4 aromatic carbocycles. The van der Waals surface area contributed by atoms with Crippen LogP contribution in [0, 0.1) is 96.4 Å². The van der Waals surface area contributed by atoms with E-state index in [9.17, 15) is 0 Å². The monoisotopic (exact) mass is 1280 g/mol. The van der Waals surface area contributed by atoms with E-state index in [-0.39, 0.29) is 48.4 Å². The van der Waals surface area contributed by atoms with Crippen molar-refractivity contribution in [3.8, 4) is 11.4 Å². The van der Waals surface area contributed by atoms with Crippen molar-refractivity contribution in [1.82, 2.24) is 18.9 Å². The zero-order chi connectivity index (χ0) is 44.1. The Balaban J connectivity index is 0.000000253. The summed E-state index contributed by atoms with van der Waals surface area (Å²) in [5.41, 5.74) is 20.7. The van der Waals surface area contributed by atoms with Crippen molar-refractivity contribution in [1.29, 1.82) is 0 Å². The molecule has 0 fully saturated rings. The average Bonchev–Trinajstić information content (AvgIpc) is 3.98. The van der Waals surface area contributed by atoms with Gasteiger partial charge >= 0.3 is 41.0 Å². The van der Waals surface area contributed by atoms with Crippen LogP contribution < -0.4 is 52.9 Å². The number of benzene rings is 4. The number of halogens is 4. The van der Waals surface area contributed by atoms with Gasteiger partial charge in [0.2, 0.25) is 6.67 Å². The van der Waals surface area contributed by atoms with Gasteiger partial charge in [0.05, 0.1) is 0 Å². The Morgan fingerprint density at radius 1 is 0.444 bits per heavy atom. The van der Waals surface area contributed by atoms with E-state index in [4.69, 9.17) is 0 Å². The third-order valence-corrected chi connectivity index (χ3v) is 11.0. The van der Waals surface area contributed by atoms with Gasteiger partial charge in [0, 0.05) is 18.0 Å². The van der Waals surface area contributed by atoms with E-state index in [1.165, 1.54) is 89.5 Å². The number of aryl methyl sites for hydroxylation is 12. The second kappa shape index (κ2) is 23.2. The van der Waals surface area contributed by atoms with Gasteiger partial charge in [0.25, 0.3) is 12.7 Å².